The molecule has 1 saturated heterocycles. The Hall–Kier alpha value is -3.93. The molecule has 4 rings (SSSR count). The van der Waals surface area contributed by atoms with E-state index in [1.807, 2.05) is 45.9 Å². The first kappa shape index (κ1) is 22.3. The van der Waals surface area contributed by atoms with E-state index in [0.717, 1.165) is 11.1 Å². The number of benzene rings is 2. The number of carbonyl (C=O) groups is 2. The zero-order valence-corrected chi connectivity index (χ0v) is 19.1. The van der Waals surface area contributed by atoms with Gasteiger partial charge in [-0.1, -0.05) is 12.1 Å². The van der Waals surface area contributed by atoms with Crippen LogP contribution in [0.4, 0.5) is 5.69 Å². The Morgan fingerprint density at radius 1 is 1.03 bits per heavy atom. The maximum atomic E-state index is 13.2. The quantitative estimate of drug-likeness (QED) is 0.337. The normalized spacial score (nSPS) is 17.6. The smallest absolute Gasteiger partial charge is 0.300 e. The third kappa shape index (κ3) is 4.24. The Morgan fingerprint density at radius 2 is 1.76 bits per heavy atom. The summed E-state index contributed by atoms with van der Waals surface area (Å²) < 4.78 is 5.66. The van der Waals surface area contributed by atoms with Gasteiger partial charge in [-0.05, 0) is 86.8 Å². The molecule has 0 spiro atoms. The minimum Gasteiger partial charge on any atom is -0.507 e. The fourth-order valence-electron chi connectivity index (χ4n) is 3.95. The standard InChI is InChI=1S/C27H26N2O4/c1-16(2)33-22-11-8-19(9-12-22)25(30)23-24(20-6-5-13-28-15-20)29(27(32)26(23)31)21-10-7-17(3)18(4)14-21/h5-16,24,30H,1-4H3/b25-23+. The van der Waals surface area contributed by atoms with E-state index in [0.29, 0.717) is 22.6 Å². The predicted molar refractivity (Wildman–Crippen MR) is 127 cm³/mol. The fourth-order valence-corrected chi connectivity index (χ4v) is 3.95. The summed E-state index contributed by atoms with van der Waals surface area (Å²) in [6, 6.07) is 15.2. The molecule has 1 aliphatic rings. The van der Waals surface area contributed by atoms with Gasteiger partial charge < -0.3 is 9.84 Å². The van der Waals surface area contributed by atoms with Gasteiger partial charge in [0.2, 0.25) is 0 Å². The van der Waals surface area contributed by atoms with Crippen LogP contribution >= 0.6 is 0 Å². The first-order valence-electron chi connectivity index (χ1n) is 10.8. The number of hydrogen-bond acceptors (Lipinski definition) is 5. The van der Waals surface area contributed by atoms with Gasteiger partial charge in [0.15, 0.2) is 0 Å². The number of aryl methyl sites for hydroxylation is 2. The average molecular weight is 443 g/mol. The lowest BCUT2D eigenvalue weighted by Gasteiger charge is -2.25. The molecule has 1 aromatic heterocycles. The molecule has 1 N–H and O–H groups in total. The number of ketones is 1. The van der Waals surface area contributed by atoms with Gasteiger partial charge >= 0.3 is 0 Å². The number of Topliss-reactive ketones (excluding diaryl/α,β-unsaturated/α-hetero) is 1. The van der Waals surface area contributed by atoms with Crippen molar-refractivity contribution < 1.29 is 19.4 Å². The van der Waals surface area contributed by atoms with Gasteiger partial charge in [0.25, 0.3) is 11.7 Å². The number of hydrogen-bond donors (Lipinski definition) is 1. The molecule has 2 heterocycles. The number of rotatable bonds is 5. The monoisotopic (exact) mass is 442 g/mol. The van der Waals surface area contributed by atoms with Crippen LogP contribution in [0.2, 0.25) is 0 Å². The highest BCUT2D eigenvalue weighted by Crippen LogP contribution is 2.42. The Bertz CT molecular complexity index is 1230. The highest BCUT2D eigenvalue weighted by molar-refractivity contribution is 6.51. The van der Waals surface area contributed by atoms with E-state index in [-0.39, 0.29) is 17.4 Å². The van der Waals surface area contributed by atoms with E-state index in [2.05, 4.69) is 4.98 Å². The number of anilines is 1. The minimum atomic E-state index is -0.799. The van der Waals surface area contributed by atoms with Gasteiger partial charge in [0.1, 0.15) is 11.5 Å². The molecular formula is C27H26N2O4. The van der Waals surface area contributed by atoms with Crippen LogP contribution < -0.4 is 9.64 Å². The number of nitrogens with zero attached hydrogens (tertiary/aromatic N) is 2. The Labute approximate surface area is 193 Å². The largest absolute Gasteiger partial charge is 0.507 e. The second-order valence-corrected chi connectivity index (χ2v) is 8.42. The summed E-state index contributed by atoms with van der Waals surface area (Å²) in [7, 11) is 0. The molecule has 1 aliphatic heterocycles. The molecule has 0 saturated carbocycles. The highest BCUT2D eigenvalue weighted by Gasteiger charge is 2.47. The number of aromatic nitrogens is 1. The second kappa shape index (κ2) is 8.90. The fraction of sp³-hybridized carbons (Fsp3) is 0.222. The molecule has 6 heteroatoms. The lowest BCUT2D eigenvalue weighted by molar-refractivity contribution is -0.132. The summed E-state index contributed by atoms with van der Waals surface area (Å²) >= 11 is 0. The minimum absolute atomic E-state index is 0.0123. The van der Waals surface area contributed by atoms with Crippen LogP contribution in [-0.2, 0) is 9.59 Å². The van der Waals surface area contributed by atoms with E-state index in [1.165, 1.54) is 4.90 Å². The number of amides is 1. The molecule has 2 aromatic carbocycles. The average Bonchev–Trinajstić information content (AvgIpc) is 3.06. The summed E-state index contributed by atoms with van der Waals surface area (Å²) in [5.74, 6) is -0.999. The zero-order chi connectivity index (χ0) is 23.7. The van der Waals surface area contributed by atoms with Crippen molar-refractivity contribution in [3.05, 3.63) is 94.8 Å². The molecule has 1 atom stereocenters. The number of ether oxygens (including phenoxy) is 1. The van der Waals surface area contributed by atoms with E-state index < -0.39 is 17.7 Å². The molecule has 0 radical (unpaired) electrons. The van der Waals surface area contributed by atoms with E-state index >= 15 is 0 Å². The van der Waals surface area contributed by atoms with Crippen LogP contribution in [0.25, 0.3) is 5.76 Å². The number of carbonyl (C=O) groups excluding carboxylic acids is 2. The molecule has 1 amide bonds. The number of pyridine rings is 1. The van der Waals surface area contributed by atoms with E-state index in [4.69, 9.17) is 4.74 Å². The zero-order valence-electron chi connectivity index (χ0n) is 19.1. The van der Waals surface area contributed by atoms with Crippen LogP contribution in [0.3, 0.4) is 0 Å². The maximum absolute atomic E-state index is 13.2. The van der Waals surface area contributed by atoms with Crippen molar-refractivity contribution in [3.63, 3.8) is 0 Å². The SMILES string of the molecule is Cc1ccc(N2C(=O)C(=O)/C(=C(/O)c3ccc(OC(C)C)cc3)C2c2cccnc2)cc1C. The van der Waals surface area contributed by atoms with Crippen LogP contribution in [-0.4, -0.2) is 27.9 Å². The predicted octanol–water partition coefficient (Wildman–Crippen LogP) is 5.11. The van der Waals surface area contributed by atoms with Crippen molar-refractivity contribution in [2.75, 3.05) is 4.90 Å². The number of aliphatic hydroxyl groups excluding tert-OH is 1. The van der Waals surface area contributed by atoms with Gasteiger partial charge in [-0.2, -0.15) is 0 Å². The molecule has 0 bridgehead atoms. The van der Waals surface area contributed by atoms with Crippen LogP contribution in [0.1, 0.15) is 42.1 Å². The third-order valence-corrected chi connectivity index (χ3v) is 5.71. The summed E-state index contributed by atoms with van der Waals surface area (Å²) in [5.41, 5.74) is 3.77. The van der Waals surface area contributed by atoms with Crippen molar-refractivity contribution >= 4 is 23.1 Å². The van der Waals surface area contributed by atoms with Gasteiger partial charge in [-0.15, -0.1) is 0 Å². The molecular weight excluding hydrogens is 416 g/mol. The Morgan fingerprint density at radius 3 is 2.36 bits per heavy atom. The molecule has 0 aliphatic carbocycles. The van der Waals surface area contributed by atoms with Crippen molar-refractivity contribution in [3.8, 4) is 5.75 Å². The Kier molecular flexibility index (Phi) is 6.01. The maximum Gasteiger partial charge on any atom is 0.300 e. The summed E-state index contributed by atoms with van der Waals surface area (Å²) in [5, 5.41) is 11.2. The van der Waals surface area contributed by atoms with Gasteiger partial charge in [0.05, 0.1) is 17.7 Å². The van der Waals surface area contributed by atoms with Crippen molar-refractivity contribution in [2.45, 2.75) is 39.8 Å². The van der Waals surface area contributed by atoms with Gasteiger partial charge in [0, 0.05) is 23.6 Å². The van der Waals surface area contributed by atoms with Crippen LogP contribution in [0.15, 0.2) is 72.6 Å². The molecule has 3 aromatic rings. The first-order chi connectivity index (χ1) is 15.8. The van der Waals surface area contributed by atoms with Crippen LogP contribution in [0.5, 0.6) is 5.75 Å². The van der Waals surface area contributed by atoms with Crippen molar-refractivity contribution in [2.24, 2.45) is 0 Å². The molecule has 6 nitrogen and oxygen atoms in total. The number of aliphatic hydroxyl groups is 1. The molecule has 1 unspecified atom stereocenters. The lowest BCUT2D eigenvalue weighted by atomic mass is 9.96. The van der Waals surface area contributed by atoms with E-state index in [1.54, 1.807) is 48.8 Å². The van der Waals surface area contributed by atoms with Crippen molar-refractivity contribution in [1.82, 2.24) is 4.98 Å². The second-order valence-electron chi connectivity index (χ2n) is 8.42. The summed E-state index contributed by atoms with van der Waals surface area (Å²) in [6.07, 6.45) is 3.25. The Balaban J connectivity index is 1.86. The first-order valence-corrected chi connectivity index (χ1v) is 10.8. The highest BCUT2D eigenvalue weighted by atomic mass is 16.5. The van der Waals surface area contributed by atoms with Crippen LogP contribution in [0, 0.1) is 13.8 Å². The summed E-state index contributed by atoms with van der Waals surface area (Å²) in [6.45, 7) is 7.79. The molecule has 1 fully saturated rings. The molecule has 168 valence electrons. The van der Waals surface area contributed by atoms with Crippen molar-refractivity contribution in [1.29, 1.82) is 0 Å². The summed E-state index contributed by atoms with van der Waals surface area (Å²) in [4.78, 5) is 32.0. The third-order valence-electron chi connectivity index (χ3n) is 5.71. The van der Waals surface area contributed by atoms with Gasteiger partial charge in [-0.25, -0.2) is 0 Å². The van der Waals surface area contributed by atoms with E-state index in [9.17, 15) is 14.7 Å². The van der Waals surface area contributed by atoms with Gasteiger partial charge in [-0.3, -0.25) is 19.5 Å². The molecule has 33 heavy (non-hydrogen) atoms. The lowest BCUT2D eigenvalue weighted by Crippen LogP contribution is -2.29. The topological polar surface area (TPSA) is 79.7 Å².